The SMILES string of the molecule is Cn1c(=O)n(C(=O)OCCCc2ccccc2)c(=O)c2ccsc21. The average Bonchev–Trinajstić information content (AvgIpc) is 3.08. The van der Waals surface area contributed by atoms with Crippen molar-refractivity contribution >= 4 is 27.6 Å². The summed E-state index contributed by atoms with van der Waals surface area (Å²) in [5.74, 6) is 0. The molecule has 2 heterocycles. The van der Waals surface area contributed by atoms with Crippen LogP contribution in [0.2, 0.25) is 0 Å². The van der Waals surface area contributed by atoms with Crippen LogP contribution in [0.5, 0.6) is 0 Å². The van der Waals surface area contributed by atoms with Crippen LogP contribution in [0, 0.1) is 0 Å². The molecule has 3 rings (SSSR count). The van der Waals surface area contributed by atoms with E-state index in [1.54, 1.807) is 11.4 Å². The smallest absolute Gasteiger partial charge is 0.425 e. The predicted molar refractivity (Wildman–Crippen MR) is 92.8 cm³/mol. The van der Waals surface area contributed by atoms with E-state index >= 15 is 0 Å². The van der Waals surface area contributed by atoms with E-state index in [1.165, 1.54) is 23.0 Å². The minimum Gasteiger partial charge on any atom is -0.449 e. The molecule has 0 saturated carbocycles. The first-order chi connectivity index (χ1) is 11.6. The Morgan fingerprint density at radius 2 is 1.92 bits per heavy atom. The second kappa shape index (κ2) is 6.84. The molecule has 7 heteroatoms. The molecule has 0 aliphatic heterocycles. The third-order valence-electron chi connectivity index (χ3n) is 3.72. The van der Waals surface area contributed by atoms with Crippen LogP contribution in [0.15, 0.2) is 51.4 Å². The number of nitrogens with zero attached hydrogens (tertiary/aromatic N) is 2. The van der Waals surface area contributed by atoms with Crippen LogP contribution in [0.1, 0.15) is 12.0 Å². The molecular weight excluding hydrogens is 328 g/mol. The number of carbonyl (C=O) groups excluding carboxylic acids is 1. The van der Waals surface area contributed by atoms with E-state index in [2.05, 4.69) is 0 Å². The van der Waals surface area contributed by atoms with Gasteiger partial charge < -0.3 is 4.74 Å². The van der Waals surface area contributed by atoms with Gasteiger partial charge in [0.2, 0.25) is 0 Å². The van der Waals surface area contributed by atoms with Crippen molar-refractivity contribution in [1.29, 1.82) is 0 Å². The second-order valence-corrected chi connectivity index (χ2v) is 6.22. The van der Waals surface area contributed by atoms with E-state index in [-0.39, 0.29) is 6.61 Å². The largest absolute Gasteiger partial charge is 0.449 e. The number of thiophene rings is 1. The van der Waals surface area contributed by atoms with E-state index in [9.17, 15) is 14.4 Å². The van der Waals surface area contributed by atoms with Crippen LogP contribution in [0.25, 0.3) is 10.2 Å². The minimum atomic E-state index is -0.929. The van der Waals surface area contributed by atoms with Gasteiger partial charge in [0, 0.05) is 7.05 Å². The first-order valence-electron chi connectivity index (χ1n) is 7.50. The Labute approximate surface area is 141 Å². The van der Waals surface area contributed by atoms with Crippen LogP contribution in [-0.4, -0.2) is 21.8 Å². The van der Waals surface area contributed by atoms with Gasteiger partial charge in [0.25, 0.3) is 5.56 Å². The molecule has 6 nitrogen and oxygen atoms in total. The maximum atomic E-state index is 12.3. The van der Waals surface area contributed by atoms with Crippen molar-refractivity contribution < 1.29 is 9.53 Å². The molecule has 1 aromatic carbocycles. The maximum Gasteiger partial charge on any atom is 0.425 e. The summed E-state index contributed by atoms with van der Waals surface area (Å²) >= 11 is 1.28. The number of benzene rings is 1. The number of ether oxygens (including phenoxy) is 1. The Kier molecular flexibility index (Phi) is 4.61. The Morgan fingerprint density at radius 3 is 2.67 bits per heavy atom. The zero-order valence-electron chi connectivity index (χ0n) is 13.1. The number of hydrogen-bond donors (Lipinski definition) is 0. The lowest BCUT2D eigenvalue weighted by Crippen LogP contribution is -2.43. The molecule has 0 atom stereocenters. The molecule has 0 N–H and O–H groups in total. The summed E-state index contributed by atoms with van der Waals surface area (Å²) in [4.78, 5) is 37.2. The topological polar surface area (TPSA) is 70.3 Å². The van der Waals surface area contributed by atoms with Crippen LogP contribution in [-0.2, 0) is 18.2 Å². The molecular formula is C17H16N2O4S. The predicted octanol–water partition coefficient (Wildman–Crippen LogP) is 2.38. The third kappa shape index (κ3) is 3.03. The molecule has 0 amide bonds. The van der Waals surface area contributed by atoms with E-state index in [0.717, 1.165) is 12.0 Å². The summed E-state index contributed by atoms with van der Waals surface area (Å²) in [5, 5.41) is 2.05. The fraction of sp³-hybridized carbons (Fsp3) is 0.235. The first kappa shape index (κ1) is 16.2. The number of aromatic nitrogens is 2. The number of fused-ring (bicyclic) bond motifs is 1. The zero-order valence-corrected chi connectivity index (χ0v) is 13.9. The van der Waals surface area contributed by atoms with Crippen molar-refractivity contribution in [3.8, 4) is 0 Å². The van der Waals surface area contributed by atoms with Crippen LogP contribution in [0.4, 0.5) is 4.79 Å². The number of rotatable bonds is 4. The van der Waals surface area contributed by atoms with Gasteiger partial charge in [-0.3, -0.25) is 9.36 Å². The summed E-state index contributed by atoms with van der Waals surface area (Å²) < 4.78 is 6.94. The normalized spacial score (nSPS) is 10.9. The Hall–Kier alpha value is -2.67. The summed E-state index contributed by atoms with van der Waals surface area (Å²) in [6.07, 6.45) is 0.442. The van der Waals surface area contributed by atoms with Crippen molar-refractivity contribution in [2.45, 2.75) is 12.8 Å². The van der Waals surface area contributed by atoms with Crippen molar-refractivity contribution in [2.75, 3.05) is 6.61 Å². The molecule has 0 saturated heterocycles. The van der Waals surface area contributed by atoms with Gasteiger partial charge >= 0.3 is 11.8 Å². The molecule has 2 aromatic heterocycles. The molecule has 0 radical (unpaired) electrons. The van der Waals surface area contributed by atoms with Gasteiger partial charge in [0.1, 0.15) is 4.83 Å². The molecule has 0 fully saturated rings. The van der Waals surface area contributed by atoms with E-state index < -0.39 is 17.3 Å². The summed E-state index contributed by atoms with van der Waals surface area (Å²) in [6.45, 7) is 0.144. The van der Waals surface area contributed by atoms with Crippen molar-refractivity contribution in [3.05, 3.63) is 68.2 Å². The Bertz CT molecular complexity index is 985. The van der Waals surface area contributed by atoms with E-state index in [0.29, 0.717) is 21.2 Å². The van der Waals surface area contributed by atoms with Gasteiger partial charge in [-0.1, -0.05) is 30.3 Å². The van der Waals surface area contributed by atoms with Gasteiger partial charge in [-0.2, -0.15) is 4.57 Å². The summed E-state index contributed by atoms with van der Waals surface area (Å²) in [6, 6.07) is 11.4. The number of hydrogen-bond acceptors (Lipinski definition) is 5. The highest BCUT2D eigenvalue weighted by Crippen LogP contribution is 2.14. The van der Waals surface area contributed by atoms with Crippen LogP contribution in [0.3, 0.4) is 0 Å². The number of carbonyl (C=O) groups is 1. The zero-order chi connectivity index (χ0) is 17.1. The van der Waals surface area contributed by atoms with Gasteiger partial charge in [-0.05, 0) is 29.9 Å². The Balaban J connectivity index is 1.72. The lowest BCUT2D eigenvalue weighted by atomic mass is 10.1. The highest BCUT2D eigenvalue weighted by atomic mass is 32.1. The second-order valence-electron chi connectivity index (χ2n) is 5.33. The summed E-state index contributed by atoms with van der Waals surface area (Å²) in [5.41, 5.74) is -0.188. The van der Waals surface area contributed by atoms with Crippen molar-refractivity contribution in [1.82, 2.24) is 9.13 Å². The Morgan fingerprint density at radius 1 is 1.17 bits per heavy atom. The van der Waals surface area contributed by atoms with Crippen LogP contribution < -0.4 is 11.2 Å². The minimum absolute atomic E-state index is 0.144. The van der Waals surface area contributed by atoms with Gasteiger partial charge in [-0.15, -0.1) is 11.3 Å². The standard InChI is InChI=1S/C17H16N2O4S/c1-18-15-13(9-11-24-15)14(20)19(16(18)21)17(22)23-10-5-8-12-6-3-2-4-7-12/h2-4,6-7,9,11H,5,8,10H2,1H3. The molecule has 3 aromatic rings. The molecule has 0 bridgehead atoms. The third-order valence-corrected chi connectivity index (χ3v) is 4.71. The highest BCUT2D eigenvalue weighted by molar-refractivity contribution is 7.16. The van der Waals surface area contributed by atoms with Crippen molar-refractivity contribution in [3.63, 3.8) is 0 Å². The quantitative estimate of drug-likeness (QED) is 0.681. The molecule has 0 aliphatic carbocycles. The molecule has 124 valence electrons. The van der Waals surface area contributed by atoms with Gasteiger partial charge in [-0.25, -0.2) is 9.59 Å². The van der Waals surface area contributed by atoms with Crippen molar-refractivity contribution in [2.24, 2.45) is 7.05 Å². The number of aryl methyl sites for hydroxylation is 2. The maximum absolute atomic E-state index is 12.3. The highest BCUT2D eigenvalue weighted by Gasteiger charge is 2.18. The average molecular weight is 344 g/mol. The van der Waals surface area contributed by atoms with Crippen LogP contribution >= 0.6 is 11.3 Å². The first-order valence-corrected chi connectivity index (χ1v) is 8.38. The fourth-order valence-corrected chi connectivity index (χ4v) is 3.33. The molecule has 24 heavy (non-hydrogen) atoms. The van der Waals surface area contributed by atoms with Gasteiger partial charge in [0.05, 0.1) is 12.0 Å². The fourth-order valence-electron chi connectivity index (χ4n) is 2.47. The molecule has 0 unspecified atom stereocenters. The van der Waals surface area contributed by atoms with E-state index in [1.807, 2.05) is 30.3 Å². The van der Waals surface area contributed by atoms with E-state index in [4.69, 9.17) is 4.74 Å². The lowest BCUT2D eigenvalue weighted by molar-refractivity contribution is 0.144. The van der Waals surface area contributed by atoms with Gasteiger partial charge in [0.15, 0.2) is 0 Å². The molecule has 0 spiro atoms. The summed E-state index contributed by atoms with van der Waals surface area (Å²) in [7, 11) is 1.53. The lowest BCUT2D eigenvalue weighted by Gasteiger charge is -2.08. The monoisotopic (exact) mass is 344 g/mol. The molecule has 0 aliphatic rings.